The van der Waals surface area contributed by atoms with E-state index in [-0.39, 0.29) is 5.56 Å². The minimum atomic E-state index is -0.975. The number of nitrogens with zero attached hydrogens (tertiary/aromatic N) is 2. The van der Waals surface area contributed by atoms with Crippen LogP contribution in [0.5, 0.6) is 11.5 Å². The van der Waals surface area contributed by atoms with Crippen molar-refractivity contribution in [2.75, 3.05) is 19.1 Å². The summed E-state index contributed by atoms with van der Waals surface area (Å²) in [7, 11) is 3.26. The molecule has 1 heterocycles. The number of carboxylic acids is 1. The van der Waals surface area contributed by atoms with E-state index in [0.717, 1.165) is 22.6 Å². The first-order chi connectivity index (χ1) is 13.6. The van der Waals surface area contributed by atoms with Crippen LogP contribution in [0.4, 0.5) is 5.82 Å². The van der Waals surface area contributed by atoms with Gasteiger partial charge in [0.1, 0.15) is 17.3 Å². The summed E-state index contributed by atoms with van der Waals surface area (Å²) < 4.78 is 10.4. The molecule has 0 amide bonds. The van der Waals surface area contributed by atoms with Crippen LogP contribution >= 0.6 is 0 Å². The third-order valence-corrected chi connectivity index (χ3v) is 4.38. The van der Waals surface area contributed by atoms with Crippen molar-refractivity contribution in [1.82, 2.24) is 4.98 Å². The molecule has 2 aromatic carbocycles. The fourth-order valence-corrected chi connectivity index (χ4v) is 2.84. The molecular formula is C22H22N2O4. The molecule has 0 fully saturated rings. The first kappa shape index (κ1) is 19.2. The maximum Gasteiger partial charge on any atom is 0.335 e. The largest absolute Gasteiger partial charge is 0.497 e. The van der Waals surface area contributed by atoms with Gasteiger partial charge in [-0.3, -0.25) is 0 Å². The molecule has 1 N–H and O–H groups in total. The first-order valence-electron chi connectivity index (χ1n) is 8.79. The molecule has 0 radical (unpaired) electrons. The highest BCUT2D eigenvalue weighted by Crippen LogP contribution is 2.22. The fraction of sp³-hybridized carbons (Fsp3) is 0.182. The lowest BCUT2D eigenvalue weighted by atomic mass is 10.1. The maximum absolute atomic E-state index is 11.4. The molecule has 6 nitrogen and oxygen atoms in total. The zero-order chi connectivity index (χ0) is 19.9. The van der Waals surface area contributed by atoms with E-state index in [4.69, 9.17) is 9.47 Å². The predicted molar refractivity (Wildman–Crippen MR) is 107 cm³/mol. The van der Waals surface area contributed by atoms with Crippen molar-refractivity contribution in [3.63, 3.8) is 0 Å². The van der Waals surface area contributed by atoms with Crippen LogP contribution in [0.15, 0.2) is 66.9 Å². The number of hydrogen-bond donors (Lipinski definition) is 1. The number of aromatic carboxylic acids is 1. The van der Waals surface area contributed by atoms with E-state index >= 15 is 0 Å². The molecule has 0 spiro atoms. The van der Waals surface area contributed by atoms with E-state index in [9.17, 15) is 9.90 Å². The topological polar surface area (TPSA) is 71.9 Å². The Balaban J connectivity index is 1.89. The Morgan fingerprint density at radius 1 is 0.893 bits per heavy atom. The van der Waals surface area contributed by atoms with Gasteiger partial charge in [-0.05, 0) is 47.5 Å². The Morgan fingerprint density at radius 3 is 1.82 bits per heavy atom. The van der Waals surface area contributed by atoms with Gasteiger partial charge in [0.05, 0.1) is 19.8 Å². The first-order valence-corrected chi connectivity index (χ1v) is 8.79. The summed E-state index contributed by atoms with van der Waals surface area (Å²) in [5.41, 5.74) is 2.34. The Bertz CT molecular complexity index is 875. The van der Waals surface area contributed by atoms with Crippen LogP contribution in [0.2, 0.25) is 0 Å². The van der Waals surface area contributed by atoms with Crippen molar-refractivity contribution in [3.8, 4) is 11.5 Å². The van der Waals surface area contributed by atoms with Gasteiger partial charge >= 0.3 is 5.97 Å². The summed E-state index contributed by atoms with van der Waals surface area (Å²) in [6, 6.07) is 18.7. The fourth-order valence-electron chi connectivity index (χ4n) is 2.84. The number of hydrogen-bond acceptors (Lipinski definition) is 5. The van der Waals surface area contributed by atoms with Crippen molar-refractivity contribution >= 4 is 11.8 Å². The molecule has 28 heavy (non-hydrogen) atoms. The van der Waals surface area contributed by atoms with Crippen molar-refractivity contribution in [2.45, 2.75) is 13.1 Å². The molecule has 6 heteroatoms. The Kier molecular flexibility index (Phi) is 6.11. The van der Waals surface area contributed by atoms with Crippen LogP contribution in [-0.4, -0.2) is 30.3 Å². The van der Waals surface area contributed by atoms with Gasteiger partial charge in [0, 0.05) is 19.3 Å². The van der Waals surface area contributed by atoms with Gasteiger partial charge in [-0.2, -0.15) is 0 Å². The second-order valence-electron chi connectivity index (χ2n) is 6.26. The molecule has 0 aliphatic rings. The molecule has 0 unspecified atom stereocenters. The lowest BCUT2D eigenvalue weighted by molar-refractivity contribution is 0.0697. The Hall–Kier alpha value is -3.54. The van der Waals surface area contributed by atoms with Crippen LogP contribution in [0.3, 0.4) is 0 Å². The Morgan fingerprint density at radius 2 is 1.39 bits per heavy atom. The standard InChI is InChI=1S/C22H22N2O4/c1-27-19-7-3-16(4-8-19)14-24(15-17-5-9-20(28-2)10-6-17)21-13-18(22(25)26)11-12-23-21/h3-13H,14-15H2,1-2H3,(H,25,26). The molecule has 3 rings (SSSR count). The van der Waals surface area contributed by atoms with Crippen molar-refractivity contribution in [3.05, 3.63) is 83.6 Å². The summed E-state index contributed by atoms with van der Waals surface area (Å²) in [5.74, 6) is 1.21. The number of benzene rings is 2. The number of rotatable bonds is 8. The van der Waals surface area contributed by atoms with E-state index in [1.165, 1.54) is 12.3 Å². The van der Waals surface area contributed by atoms with Crippen LogP contribution in [-0.2, 0) is 13.1 Å². The molecule has 0 atom stereocenters. The quantitative estimate of drug-likeness (QED) is 0.639. The highest BCUT2D eigenvalue weighted by Gasteiger charge is 2.13. The number of carbonyl (C=O) groups is 1. The van der Waals surface area contributed by atoms with Crippen LogP contribution in [0.25, 0.3) is 0 Å². The van der Waals surface area contributed by atoms with Crippen LogP contribution < -0.4 is 14.4 Å². The Labute approximate surface area is 164 Å². The van der Waals surface area contributed by atoms with Crippen molar-refractivity contribution < 1.29 is 19.4 Å². The smallest absolute Gasteiger partial charge is 0.335 e. The van der Waals surface area contributed by atoms with E-state index < -0.39 is 5.97 Å². The number of anilines is 1. The van der Waals surface area contributed by atoms with Crippen LogP contribution in [0.1, 0.15) is 21.5 Å². The molecule has 3 aromatic rings. The minimum absolute atomic E-state index is 0.208. The molecule has 1 aromatic heterocycles. The van der Waals surface area contributed by atoms with Gasteiger partial charge in [0.25, 0.3) is 0 Å². The number of carboxylic acid groups (broad SMARTS) is 1. The van der Waals surface area contributed by atoms with E-state index in [0.29, 0.717) is 18.9 Å². The second-order valence-corrected chi connectivity index (χ2v) is 6.26. The maximum atomic E-state index is 11.4. The molecule has 0 aliphatic heterocycles. The van der Waals surface area contributed by atoms with Crippen molar-refractivity contribution in [2.24, 2.45) is 0 Å². The number of aromatic nitrogens is 1. The van der Waals surface area contributed by atoms with Crippen LogP contribution in [0, 0.1) is 0 Å². The van der Waals surface area contributed by atoms with E-state index in [1.807, 2.05) is 53.4 Å². The third-order valence-electron chi connectivity index (χ3n) is 4.38. The average Bonchev–Trinajstić information content (AvgIpc) is 2.74. The summed E-state index contributed by atoms with van der Waals surface area (Å²) in [6.45, 7) is 1.15. The van der Waals surface area contributed by atoms with E-state index in [2.05, 4.69) is 4.98 Å². The zero-order valence-electron chi connectivity index (χ0n) is 15.8. The SMILES string of the molecule is COc1ccc(CN(Cc2ccc(OC)cc2)c2cc(C(=O)O)ccn2)cc1. The highest BCUT2D eigenvalue weighted by molar-refractivity contribution is 5.88. The summed E-state index contributed by atoms with van der Waals surface area (Å²) in [4.78, 5) is 17.8. The predicted octanol–water partition coefficient (Wildman–Crippen LogP) is 4.00. The van der Waals surface area contributed by atoms with Gasteiger partial charge in [0.2, 0.25) is 0 Å². The zero-order valence-corrected chi connectivity index (χ0v) is 15.8. The van der Waals surface area contributed by atoms with Gasteiger partial charge in [-0.1, -0.05) is 24.3 Å². The van der Waals surface area contributed by atoms with Gasteiger partial charge in [-0.25, -0.2) is 9.78 Å². The van der Waals surface area contributed by atoms with Gasteiger partial charge in [0.15, 0.2) is 0 Å². The average molecular weight is 378 g/mol. The normalized spacial score (nSPS) is 10.4. The number of pyridine rings is 1. The molecule has 144 valence electrons. The monoisotopic (exact) mass is 378 g/mol. The van der Waals surface area contributed by atoms with Gasteiger partial charge < -0.3 is 19.5 Å². The molecule has 0 aliphatic carbocycles. The third kappa shape index (κ3) is 4.79. The molecule has 0 saturated heterocycles. The van der Waals surface area contributed by atoms with Gasteiger partial charge in [-0.15, -0.1) is 0 Å². The lowest BCUT2D eigenvalue weighted by Crippen LogP contribution is -2.23. The van der Waals surface area contributed by atoms with Crippen molar-refractivity contribution in [1.29, 1.82) is 0 Å². The molecular weight excluding hydrogens is 356 g/mol. The lowest BCUT2D eigenvalue weighted by Gasteiger charge is -2.24. The number of methoxy groups -OCH3 is 2. The summed E-state index contributed by atoms with van der Waals surface area (Å²) in [5, 5.41) is 9.31. The second kappa shape index (κ2) is 8.90. The summed E-state index contributed by atoms with van der Waals surface area (Å²) >= 11 is 0. The van der Waals surface area contributed by atoms with E-state index in [1.54, 1.807) is 20.3 Å². The summed E-state index contributed by atoms with van der Waals surface area (Å²) in [6.07, 6.45) is 1.52. The number of ether oxygens (including phenoxy) is 2. The molecule has 0 bridgehead atoms. The highest BCUT2D eigenvalue weighted by atomic mass is 16.5. The minimum Gasteiger partial charge on any atom is -0.497 e. The molecule has 0 saturated carbocycles.